The van der Waals surface area contributed by atoms with Crippen molar-refractivity contribution in [2.75, 3.05) is 18.6 Å². The van der Waals surface area contributed by atoms with Crippen LogP contribution in [0.15, 0.2) is 36.4 Å². The molecule has 0 bridgehead atoms. The van der Waals surface area contributed by atoms with E-state index in [4.69, 9.17) is 4.74 Å². The summed E-state index contributed by atoms with van der Waals surface area (Å²) in [6, 6.07) is 10.7. The molecule has 0 radical (unpaired) electrons. The highest BCUT2D eigenvalue weighted by atomic mass is 19.1. The molecule has 0 saturated carbocycles. The monoisotopic (exact) mass is 271 g/mol. The van der Waals surface area contributed by atoms with Crippen LogP contribution in [0.25, 0.3) is 11.1 Å². The van der Waals surface area contributed by atoms with Gasteiger partial charge >= 0.3 is 0 Å². The first-order chi connectivity index (χ1) is 9.58. The molecule has 20 heavy (non-hydrogen) atoms. The van der Waals surface area contributed by atoms with Gasteiger partial charge in [0.15, 0.2) is 6.61 Å². The number of nitrogens with zero attached hydrogens (tertiary/aromatic N) is 1. The Morgan fingerprint density at radius 2 is 2.05 bits per heavy atom. The van der Waals surface area contributed by atoms with Crippen molar-refractivity contribution in [3.05, 3.63) is 47.8 Å². The first-order valence-electron chi connectivity index (χ1n) is 6.37. The summed E-state index contributed by atoms with van der Waals surface area (Å²) in [6.07, 6.45) is 0. The highest BCUT2D eigenvalue weighted by Gasteiger charge is 2.22. The second-order valence-electron chi connectivity index (χ2n) is 4.86. The number of carbonyl (C=O) groups excluding carboxylic acids is 1. The standard InChI is InChI=1S/C16H14FNO2/c1-10-4-3-5-12(16(10)17)11-6-7-13-14(8-11)20-9-15(19)18(13)2/h3-8H,9H2,1-2H3. The van der Waals surface area contributed by atoms with Crippen LogP contribution in [-0.4, -0.2) is 19.6 Å². The molecule has 0 fully saturated rings. The summed E-state index contributed by atoms with van der Waals surface area (Å²) in [5.74, 6) is 0.283. The van der Waals surface area contributed by atoms with Crippen LogP contribution in [0.2, 0.25) is 0 Å². The zero-order valence-corrected chi connectivity index (χ0v) is 11.3. The van der Waals surface area contributed by atoms with Crippen molar-refractivity contribution >= 4 is 11.6 Å². The Labute approximate surface area is 116 Å². The molecule has 3 nitrogen and oxygen atoms in total. The number of hydrogen-bond donors (Lipinski definition) is 0. The number of aryl methyl sites for hydroxylation is 1. The van der Waals surface area contributed by atoms with Crippen molar-refractivity contribution in [1.29, 1.82) is 0 Å². The lowest BCUT2D eigenvalue weighted by Crippen LogP contribution is -2.35. The summed E-state index contributed by atoms with van der Waals surface area (Å²) < 4.78 is 19.6. The molecule has 0 aliphatic carbocycles. The van der Waals surface area contributed by atoms with Crippen LogP contribution < -0.4 is 9.64 Å². The zero-order chi connectivity index (χ0) is 14.3. The van der Waals surface area contributed by atoms with Gasteiger partial charge in [0.25, 0.3) is 5.91 Å². The van der Waals surface area contributed by atoms with Gasteiger partial charge in [0.05, 0.1) is 5.69 Å². The number of benzene rings is 2. The minimum atomic E-state index is -0.229. The lowest BCUT2D eigenvalue weighted by molar-refractivity contribution is -0.120. The first kappa shape index (κ1) is 12.7. The van der Waals surface area contributed by atoms with Gasteiger partial charge in [-0.05, 0) is 30.2 Å². The van der Waals surface area contributed by atoms with E-state index >= 15 is 0 Å². The van der Waals surface area contributed by atoms with Crippen molar-refractivity contribution in [1.82, 2.24) is 0 Å². The molecular formula is C16H14FNO2. The highest BCUT2D eigenvalue weighted by Crippen LogP contribution is 2.36. The van der Waals surface area contributed by atoms with Crippen LogP contribution in [0, 0.1) is 12.7 Å². The number of carbonyl (C=O) groups is 1. The van der Waals surface area contributed by atoms with E-state index in [1.807, 2.05) is 6.07 Å². The van der Waals surface area contributed by atoms with Crippen LogP contribution in [0.1, 0.15) is 5.56 Å². The molecule has 4 heteroatoms. The van der Waals surface area contributed by atoms with Gasteiger partial charge in [0.1, 0.15) is 11.6 Å². The predicted octanol–water partition coefficient (Wildman–Crippen LogP) is 3.16. The third kappa shape index (κ3) is 1.93. The molecular weight excluding hydrogens is 257 g/mol. The Bertz CT molecular complexity index is 697. The maximum absolute atomic E-state index is 14.2. The molecule has 0 atom stereocenters. The lowest BCUT2D eigenvalue weighted by Gasteiger charge is -2.26. The summed E-state index contributed by atoms with van der Waals surface area (Å²) >= 11 is 0. The van der Waals surface area contributed by atoms with Gasteiger partial charge < -0.3 is 9.64 Å². The molecule has 0 unspecified atom stereocenters. The van der Waals surface area contributed by atoms with Gasteiger partial charge in [-0.2, -0.15) is 0 Å². The average Bonchev–Trinajstić information content (AvgIpc) is 2.46. The number of rotatable bonds is 1. The summed E-state index contributed by atoms with van der Waals surface area (Å²) in [5, 5.41) is 0. The second-order valence-corrected chi connectivity index (χ2v) is 4.86. The number of halogens is 1. The minimum Gasteiger partial charge on any atom is -0.482 e. The third-order valence-corrected chi connectivity index (χ3v) is 3.55. The first-order valence-corrected chi connectivity index (χ1v) is 6.37. The maximum Gasteiger partial charge on any atom is 0.264 e. The van der Waals surface area contributed by atoms with Crippen LogP contribution in [0.3, 0.4) is 0 Å². The number of ether oxygens (including phenoxy) is 1. The Morgan fingerprint density at radius 1 is 1.25 bits per heavy atom. The highest BCUT2D eigenvalue weighted by molar-refractivity contribution is 5.97. The molecule has 1 aliphatic rings. The van der Waals surface area contributed by atoms with E-state index in [1.54, 1.807) is 49.2 Å². The van der Waals surface area contributed by atoms with E-state index in [-0.39, 0.29) is 18.3 Å². The molecule has 1 heterocycles. The fourth-order valence-electron chi connectivity index (χ4n) is 2.32. The van der Waals surface area contributed by atoms with E-state index < -0.39 is 0 Å². The van der Waals surface area contributed by atoms with E-state index in [2.05, 4.69) is 0 Å². The fourth-order valence-corrected chi connectivity index (χ4v) is 2.32. The van der Waals surface area contributed by atoms with Gasteiger partial charge in [0.2, 0.25) is 0 Å². The Hall–Kier alpha value is -2.36. The van der Waals surface area contributed by atoms with Crippen molar-refractivity contribution in [3.8, 4) is 16.9 Å². The molecule has 2 aromatic rings. The Kier molecular flexibility index (Phi) is 2.93. The van der Waals surface area contributed by atoms with E-state index in [1.165, 1.54) is 0 Å². The van der Waals surface area contributed by atoms with E-state index in [0.29, 0.717) is 22.6 Å². The predicted molar refractivity (Wildman–Crippen MR) is 75.5 cm³/mol. The molecule has 1 amide bonds. The topological polar surface area (TPSA) is 29.5 Å². The summed E-state index contributed by atoms with van der Waals surface area (Å²) in [4.78, 5) is 13.1. The zero-order valence-electron chi connectivity index (χ0n) is 11.3. The van der Waals surface area contributed by atoms with Crippen molar-refractivity contribution in [2.45, 2.75) is 6.92 Å². The lowest BCUT2D eigenvalue weighted by atomic mass is 10.0. The summed E-state index contributed by atoms with van der Waals surface area (Å²) in [5.41, 5.74) is 2.59. The van der Waals surface area contributed by atoms with Gasteiger partial charge in [-0.25, -0.2) is 4.39 Å². The van der Waals surface area contributed by atoms with Gasteiger partial charge in [0, 0.05) is 12.6 Å². The number of likely N-dealkylation sites (N-methyl/N-ethyl adjacent to an activating group) is 1. The molecule has 0 N–H and O–H groups in total. The quantitative estimate of drug-likeness (QED) is 0.797. The van der Waals surface area contributed by atoms with Crippen LogP contribution in [-0.2, 0) is 4.79 Å². The normalized spacial score (nSPS) is 13.9. The van der Waals surface area contributed by atoms with Crippen molar-refractivity contribution in [3.63, 3.8) is 0 Å². The molecule has 0 spiro atoms. The second kappa shape index (κ2) is 4.63. The Morgan fingerprint density at radius 3 is 2.85 bits per heavy atom. The van der Waals surface area contributed by atoms with Gasteiger partial charge in [-0.15, -0.1) is 0 Å². The van der Waals surface area contributed by atoms with Gasteiger partial charge in [-0.3, -0.25) is 4.79 Å². The maximum atomic E-state index is 14.2. The fraction of sp³-hybridized carbons (Fsp3) is 0.188. The number of hydrogen-bond acceptors (Lipinski definition) is 2. The number of fused-ring (bicyclic) bond motifs is 1. The third-order valence-electron chi connectivity index (χ3n) is 3.55. The molecule has 3 rings (SSSR count). The number of anilines is 1. The molecule has 0 aromatic heterocycles. The minimum absolute atomic E-state index is 0.0171. The average molecular weight is 271 g/mol. The molecule has 2 aromatic carbocycles. The largest absolute Gasteiger partial charge is 0.482 e. The van der Waals surface area contributed by atoms with Crippen molar-refractivity contribution in [2.24, 2.45) is 0 Å². The molecule has 0 saturated heterocycles. The van der Waals surface area contributed by atoms with E-state index in [0.717, 1.165) is 5.56 Å². The van der Waals surface area contributed by atoms with Crippen LogP contribution in [0.5, 0.6) is 5.75 Å². The SMILES string of the molecule is Cc1cccc(-c2ccc3c(c2)OCC(=O)N3C)c1F. The van der Waals surface area contributed by atoms with E-state index in [9.17, 15) is 9.18 Å². The number of amides is 1. The van der Waals surface area contributed by atoms with Crippen molar-refractivity contribution < 1.29 is 13.9 Å². The summed E-state index contributed by atoms with van der Waals surface area (Å²) in [7, 11) is 1.70. The summed E-state index contributed by atoms with van der Waals surface area (Å²) in [6.45, 7) is 1.75. The van der Waals surface area contributed by atoms with Crippen LogP contribution >= 0.6 is 0 Å². The molecule has 102 valence electrons. The smallest absolute Gasteiger partial charge is 0.264 e. The Balaban J connectivity index is 2.09. The molecule has 1 aliphatic heterocycles. The van der Waals surface area contributed by atoms with Crippen LogP contribution in [0.4, 0.5) is 10.1 Å². The van der Waals surface area contributed by atoms with Gasteiger partial charge in [-0.1, -0.05) is 24.3 Å².